The molecule has 0 amide bonds. The number of thiophene rings is 1. The van der Waals surface area contributed by atoms with Crippen molar-refractivity contribution in [3.05, 3.63) is 52.0 Å². The van der Waals surface area contributed by atoms with Crippen LogP contribution in [0.25, 0.3) is 0 Å². The van der Waals surface area contributed by atoms with Gasteiger partial charge in [0, 0.05) is 11.1 Å². The number of rotatable bonds is 4. The number of aliphatic carboxylic acids is 1. The zero-order chi connectivity index (χ0) is 15.5. The third-order valence-corrected chi connectivity index (χ3v) is 5.34. The molecular weight excluding hydrogens is 296 g/mol. The summed E-state index contributed by atoms with van der Waals surface area (Å²) in [6.45, 7) is 3.70. The molecule has 3 heterocycles. The molecule has 0 saturated carbocycles. The van der Waals surface area contributed by atoms with Crippen molar-refractivity contribution in [1.29, 1.82) is 0 Å². The number of hydrogen-bond acceptors (Lipinski definition) is 4. The van der Waals surface area contributed by atoms with Gasteiger partial charge in [-0.3, -0.25) is 14.7 Å². The summed E-state index contributed by atoms with van der Waals surface area (Å²) in [7, 11) is 0. The molecule has 1 fully saturated rings. The fourth-order valence-corrected chi connectivity index (χ4v) is 4.09. The Balaban J connectivity index is 1.85. The number of piperidine rings is 1. The van der Waals surface area contributed by atoms with Crippen LogP contribution in [0.1, 0.15) is 35.0 Å². The molecule has 1 saturated heterocycles. The molecule has 0 spiro atoms. The average Bonchev–Trinajstić information content (AvgIpc) is 2.95. The first-order valence-electron chi connectivity index (χ1n) is 7.58. The minimum absolute atomic E-state index is 0.134. The molecule has 1 atom stereocenters. The van der Waals surface area contributed by atoms with Gasteiger partial charge >= 0.3 is 5.97 Å². The Labute approximate surface area is 134 Å². The summed E-state index contributed by atoms with van der Waals surface area (Å²) < 4.78 is 0. The van der Waals surface area contributed by atoms with Crippen LogP contribution in [0.4, 0.5) is 0 Å². The number of aryl methyl sites for hydroxylation is 1. The van der Waals surface area contributed by atoms with Crippen LogP contribution in [0, 0.1) is 12.8 Å². The third-order valence-electron chi connectivity index (χ3n) is 4.23. The molecule has 0 radical (unpaired) electrons. The molecule has 22 heavy (non-hydrogen) atoms. The van der Waals surface area contributed by atoms with E-state index in [1.807, 2.05) is 18.3 Å². The van der Waals surface area contributed by atoms with Gasteiger partial charge in [-0.1, -0.05) is 6.07 Å². The molecule has 116 valence electrons. The molecular formula is C17H20N2O2S. The van der Waals surface area contributed by atoms with Crippen LogP contribution in [0.5, 0.6) is 0 Å². The number of carboxylic acids is 1. The highest BCUT2D eigenvalue weighted by Gasteiger charge is 2.31. The summed E-state index contributed by atoms with van der Waals surface area (Å²) in [6.07, 6.45) is 3.25. The smallest absolute Gasteiger partial charge is 0.306 e. The van der Waals surface area contributed by atoms with E-state index in [4.69, 9.17) is 0 Å². The number of likely N-dealkylation sites (tertiary alicyclic amines) is 1. The Bertz CT molecular complexity index is 633. The van der Waals surface area contributed by atoms with E-state index in [2.05, 4.69) is 34.3 Å². The van der Waals surface area contributed by atoms with Crippen LogP contribution in [0.2, 0.25) is 0 Å². The Hall–Kier alpha value is -1.72. The minimum atomic E-state index is -0.666. The van der Waals surface area contributed by atoms with Crippen LogP contribution in [0.15, 0.2) is 35.8 Å². The molecule has 1 aliphatic heterocycles. The van der Waals surface area contributed by atoms with Gasteiger partial charge in [-0.25, -0.2) is 0 Å². The maximum Gasteiger partial charge on any atom is 0.306 e. The largest absolute Gasteiger partial charge is 0.481 e. The first-order chi connectivity index (χ1) is 10.6. The highest BCUT2D eigenvalue weighted by Crippen LogP contribution is 2.34. The molecule has 1 N–H and O–H groups in total. The van der Waals surface area contributed by atoms with Gasteiger partial charge in [-0.05, 0) is 62.0 Å². The highest BCUT2D eigenvalue weighted by molar-refractivity contribution is 7.10. The molecule has 1 unspecified atom stereocenters. The molecule has 2 aromatic rings. The zero-order valence-corrected chi connectivity index (χ0v) is 13.4. The molecule has 0 aromatic carbocycles. The maximum atomic E-state index is 11.1. The van der Waals surface area contributed by atoms with Gasteiger partial charge in [-0.2, -0.15) is 0 Å². The summed E-state index contributed by atoms with van der Waals surface area (Å²) >= 11 is 1.76. The minimum Gasteiger partial charge on any atom is -0.481 e. The number of carboxylic acid groups (broad SMARTS) is 1. The van der Waals surface area contributed by atoms with Crippen LogP contribution in [-0.4, -0.2) is 34.0 Å². The summed E-state index contributed by atoms with van der Waals surface area (Å²) in [5.41, 5.74) is 2.31. The lowest BCUT2D eigenvalue weighted by Gasteiger charge is -2.35. The Morgan fingerprint density at radius 3 is 2.73 bits per heavy atom. The van der Waals surface area contributed by atoms with Crippen LogP contribution < -0.4 is 0 Å². The summed E-state index contributed by atoms with van der Waals surface area (Å²) in [6, 6.07) is 8.35. The Morgan fingerprint density at radius 1 is 1.41 bits per heavy atom. The van der Waals surface area contributed by atoms with Gasteiger partial charge in [0.2, 0.25) is 0 Å². The SMILES string of the molecule is Cc1csc(C(c2ccccn2)N2CCC(C(=O)O)CC2)c1. The van der Waals surface area contributed by atoms with E-state index in [1.54, 1.807) is 11.3 Å². The van der Waals surface area contributed by atoms with Crippen molar-refractivity contribution in [2.75, 3.05) is 13.1 Å². The summed E-state index contributed by atoms with van der Waals surface area (Å²) in [5, 5.41) is 11.3. The fourth-order valence-electron chi connectivity index (χ4n) is 3.05. The van der Waals surface area contributed by atoms with Crippen molar-refractivity contribution in [2.24, 2.45) is 5.92 Å². The monoisotopic (exact) mass is 316 g/mol. The van der Waals surface area contributed by atoms with Crippen molar-refractivity contribution >= 4 is 17.3 Å². The second-order valence-corrected chi connectivity index (χ2v) is 6.77. The van der Waals surface area contributed by atoms with E-state index in [-0.39, 0.29) is 12.0 Å². The lowest BCUT2D eigenvalue weighted by molar-refractivity contribution is -0.143. The normalized spacial score (nSPS) is 18.2. The first-order valence-corrected chi connectivity index (χ1v) is 8.46. The van der Waals surface area contributed by atoms with Gasteiger partial charge in [0.1, 0.15) is 0 Å². The number of carbonyl (C=O) groups is 1. The van der Waals surface area contributed by atoms with Crippen LogP contribution >= 0.6 is 11.3 Å². The predicted molar refractivity (Wildman–Crippen MR) is 87.1 cm³/mol. The van der Waals surface area contributed by atoms with Crippen molar-refractivity contribution in [3.8, 4) is 0 Å². The molecule has 0 aliphatic carbocycles. The number of hydrogen-bond donors (Lipinski definition) is 1. The Morgan fingerprint density at radius 2 is 2.18 bits per heavy atom. The first kappa shape index (κ1) is 15.2. The maximum absolute atomic E-state index is 11.1. The van der Waals surface area contributed by atoms with Gasteiger partial charge in [0.25, 0.3) is 0 Å². The molecule has 2 aromatic heterocycles. The number of aromatic nitrogens is 1. The quantitative estimate of drug-likeness (QED) is 0.940. The summed E-state index contributed by atoms with van der Waals surface area (Å²) in [5.74, 6) is -0.869. The second-order valence-electron chi connectivity index (χ2n) is 5.83. The van der Waals surface area contributed by atoms with Crippen molar-refractivity contribution in [2.45, 2.75) is 25.8 Å². The van der Waals surface area contributed by atoms with Crippen molar-refractivity contribution in [1.82, 2.24) is 9.88 Å². The standard InChI is InChI=1S/C17H20N2O2S/c1-12-10-15(22-11-12)16(14-4-2-3-7-18-14)19-8-5-13(6-9-19)17(20)21/h2-4,7,10-11,13,16H,5-6,8-9H2,1H3,(H,20,21). The fraction of sp³-hybridized carbons (Fsp3) is 0.412. The van der Waals surface area contributed by atoms with Crippen LogP contribution in [0.3, 0.4) is 0 Å². The number of nitrogens with zero attached hydrogens (tertiary/aromatic N) is 2. The molecule has 3 rings (SSSR count). The van der Waals surface area contributed by atoms with Crippen LogP contribution in [-0.2, 0) is 4.79 Å². The van der Waals surface area contributed by atoms with E-state index in [0.717, 1.165) is 18.8 Å². The highest BCUT2D eigenvalue weighted by atomic mass is 32.1. The average molecular weight is 316 g/mol. The lowest BCUT2D eigenvalue weighted by Crippen LogP contribution is -2.39. The zero-order valence-electron chi connectivity index (χ0n) is 12.6. The number of pyridine rings is 1. The van der Waals surface area contributed by atoms with E-state index >= 15 is 0 Å². The van der Waals surface area contributed by atoms with Gasteiger partial charge in [0.05, 0.1) is 17.7 Å². The molecule has 1 aliphatic rings. The van der Waals surface area contributed by atoms with Gasteiger partial charge in [-0.15, -0.1) is 11.3 Å². The van der Waals surface area contributed by atoms with Gasteiger partial charge in [0.15, 0.2) is 0 Å². The predicted octanol–water partition coefficient (Wildman–Crippen LogP) is 3.34. The summed E-state index contributed by atoms with van der Waals surface area (Å²) in [4.78, 5) is 19.3. The molecule has 4 nitrogen and oxygen atoms in total. The molecule has 5 heteroatoms. The Kier molecular flexibility index (Phi) is 4.55. The van der Waals surface area contributed by atoms with E-state index in [0.29, 0.717) is 12.8 Å². The topological polar surface area (TPSA) is 53.4 Å². The van der Waals surface area contributed by atoms with E-state index in [1.165, 1.54) is 10.4 Å². The van der Waals surface area contributed by atoms with Crippen molar-refractivity contribution < 1.29 is 9.90 Å². The van der Waals surface area contributed by atoms with Gasteiger partial charge < -0.3 is 5.11 Å². The van der Waals surface area contributed by atoms with E-state index in [9.17, 15) is 9.90 Å². The van der Waals surface area contributed by atoms with E-state index < -0.39 is 5.97 Å². The van der Waals surface area contributed by atoms with Crippen molar-refractivity contribution in [3.63, 3.8) is 0 Å². The molecule has 0 bridgehead atoms. The second kappa shape index (κ2) is 6.58. The third kappa shape index (κ3) is 3.20. The lowest BCUT2D eigenvalue weighted by atomic mass is 9.95.